The van der Waals surface area contributed by atoms with E-state index >= 15 is 0 Å². The zero-order valence-electron chi connectivity index (χ0n) is 13.9. The van der Waals surface area contributed by atoms with E-state index < -0.39 is 0 Å². The first-order chi connectivity index (χ1) is 10.2. The number of nitrogens with zero attached hydrogens (tertiary/aromatic N) is 3. The Kier molecular flexibility index (Phi) is 13.3. The lowest BCUT2D eigenvalue weighted by atomic mass is 10.2. The summed E-state index contributed by atoms with van der Waals surface area (Å²) in [6.45, 7) is 8.68. The minimum atomic E-state index is 0. The normalized spacial score (nSPS) is 11.4. The van der Waals surface area contributed by atoms with Crippen molar-refractivity contribution in [1.29, 1.82) is 0 Å². The van der Waals surface area contributed by atoms with E-state index in [9.17, 15) is 0 Å². The molecule has 2 N–H and O–H groups in total. The molecule has 0 radical (unpaired) electrons. The summed E-state index contributed by atoms with van der Waals surface area (Å²) >= 11 is 0. The van der Waals surface area contributed by atoms with Gasteiger partial charge in [0.15, 0.2) is 5.96 Å². The number of hydrogen-bond acceptors (Lipinski definition) is 3. The number of hydrogen-bond donors (Lipinski definition) is 2. The maximum Gasteiger partial charge on any atom is 0.190 e. The Balaban J connectivity index is 0.00000441. The van der Waals surface area contributed by atoms with Crippen LogP contribution in [0.5, 0.6) is 0 Å². The Morgan fingerprint density at radius 3 is 2.59 bits per heavy atom. The molecule has 0 atom stereocenters. The van der Waals surface area contributed by atoms with Crippen molar-refractivity contribution in [2.45, 2.75) is 33.2 Å². The molecule has 0 fully saturated rings. The van der Waals surface area contributed by atoms with Crippen LogP contribution >= 0.6 is 24.0 Å². The first-order valence-corrected chi connectivity index (χ1v) is 7.70. The summed E-state index contributed by atoms with van der Waals surface area (Å²) in [5.74, 6) is 1.45. The van der Waals surface area contributed by atoms with Gasteiger partial charge in [-0.05, 0) is 18.8 Å². The Morgan fingerprint density at radius 2 is 2.00 bits per heavy atom. The van der Waals surface area contributed by atoms with Gasteiger partial charge in [-0.3, -0.25) is 4.99 Å². The fourth-order valence-electron chi connectivity index (χ4n) is 1.81. The molecule has 1 aromatic rings. The van der Waals surface area contributed by atoms with E-state index in [1.807, 2.05) is 12.5 Å². The monoisotopic (exact) mass is 423 g/mol. The van der Waals surface area contributed by atoms with Crippen LogP contribution in [0.25, 0.3) is 0 Å². The molecule has 0 bridgehead atoms. The molecule has 0 spiro atoms. The summed E-state index contributed by atoms with van der Waals surface area (Å²) in [7, 11) is 1.79. The van der Waals surface area contributed by atoms with Gasteiger partial charge in [0, 0.05) is 52.3 Å². The molecule has 128 valence electrons. The summed E-state index contributed by atoms with van der Waals surface area (Å²) in [4.78, 5) is 8.23. The van der Waals surface area contributed by atoms with Gasteiger partial charge < -0.3 is 19.9 Å². The molecule has 6 nitrogen and oxygen atoms in total. The van der Waals surface area contributed by atoms with Gasteiger partial charge in [0.2, 0.25) is 0 Å². The van der Waals surface area contributed by atoms with E-state index in [4.69, 9.17) is 4.74 Å². The highest BCUT2D eigenvalue weighted by Gasteiger charge is 1.98. The third-order valence-corrected chi connectivity index (χ3v) is 2.88. The van der Waals surface area contributed by atoms with Crippen LogP contribution in [-0.4, -0.2) is 48.9 Å². The Bertz CT molecular complexity index is 381. The molecular weight excluding hydrogens is 393 g/mol. The van der Waals surface area contributed by atoms with Crippen LogP contribution in [-0.2, 0) is 11.3 Å². The molecule has 0 aromatic carbocycles. The third-order valence-electron chi connectivity index (χ3n) is 2.88. The van der Waals surface area contributed by atoms with Crippen molar-refractivity contribution in [2.75, 3.05) is 33.4 Å². The molecule has 0 saturated heterocycles. The lowest BCUT2D eigenvalue weighted by Crippen LogP contribution is -2.38. The molecule has 22 heavy (non-hydrogen) atoms. The highest BCUT2D eigenvalue weighted by molar-refractivity contribution is 14.0. The number of aromatic nitrogens is 2. The second-order valence-electron chi connectivity index (χ2n) is 5.40. The van der Waals surface area contributed by atoms with Crippen LogP contribution in [0.15, 0.2) is 23.7 Å². The van der Waals surface area contributed by atoms with E-state index in [0.29, 0.717) is 5.92 Å². The summed E-state index contributed by atoms with van der Waals surface area (Å²) < 4.78 is 7.61. The number of guanidine groups is 1. The van der Waals surface area contributed by atoms with Gasteiger partial charge in [-0.1, -0.05) is 13.8 Å². The largest absolute Gasteiger partial charge is 0.381 e. The van der Waals surface area contributed by atoms with Gasteiger partial charge in [-0.15, -0.1) is 24.0 Å². The van der Waals surface area contributed by atoms with E-state index in [-0.39, 0.29) is 24.0 Å². The molecule has 0 saturated carbocycles. The average molecular weight is 423 g/mol. The number of nitrogens with one attached hydrogen (secondary N) is 2. The van der Waals surface area contributed by atoms with Crippen molar-refractivity contribution in [3.63, 3.8) is 0 Å². The lowest BCUT2D eigenvalue weighted by Gasteiger charge is -2.12. The molecule has 0 aliphatic heterocycles. The van der Waals surface area contributed by atoms with Gasteiger partial charge in [0.25, 0.3) is 0 Å². The van der Waals surface area contributed by atoms with Gasteiger partial charge in [0.05, 0.1) is 6.33 Å². The highest BCUT2D eigenvalue weighted by Crippen LogP contribution is 1.93. The molecule has 1 rings (SSSR count). The number of halogens is 1. The van der Waals surface area contributed by atoms with Crippen LogP contribution in [0.1, 0.15) is 26.7 Å². The molecule has 1 aromatic heterocycles. The lowest BCUT2D eigenvalue weighted by molar-refractivity contribution is 0.108. The van der Waals surface area contributed by atoms with Crippen LogP contribution in [0.4, 0.5) is 0 Å². The quantitative estimate of drug-likeness (QED) is 0.262. The molecule has 1 heterocycles. The maximum atomic E-state index is 5.54. The first kappa shape index (κ1) is 21.2. The van der Waals surface area contributed by atoms with Crippen LogP contribution in [0, 0.1) is 5.92 Å². The Labute approximate surface area is 151 Å². The minimum absolute atomic E-state index is 0. The SMILES string of the molecule is CN=C(NCCCOCC(C)C)NCCCn1ccnc1.I. The Morgan fingerprint density at radius 1 is 1.27 bits per heavy atom. The van der Waals surface area contributed by atoms with Gasteiger partial charge in [-0.2, -0.15) is 0 Å². The van der Waals surface area contributed by atoms with Crippen molar-refractivity contribution in [2.24, 2.45) is 10.9 Å². The van der Waals surface area contributed by atoms with Crippen LogP contribution in [0.2, 0.25) is 0 Å². The van der Waals surface area contributed by atoms with Gasteiger partial charge >= 0.3 is 0 Å². The van der Waals surface area contributed by atoms with E-state index in [2.05, 4.69) is 39.0 Å². The molecule has 0 amide bonds. The summed E-state index contributed by atoms with van der Waals surface area (Å²) in [6, 6.07) is 0. The number of imidazole rings is 1. The fraction of sp³-hybridized carbons (Fsp3) is 0.733. The number of aryl methyl sites for hydroxylation is 1. The number of aliphatic imine (C=N–C) groups is 1. The maximum absolute atomic E-state index is 5.54. The highest BCUT2D eigenvalue weighted by atomic mass is 127. The van der Waals surface area contributed by atoms with Crippen molar-refractivity contribution in [3.05, 3.63) is 18.7 Å². The van der Waals surface area contributed by atoms with Crippen LogP contribution in [0.3, 0.4) is 0 Å². The second kappa shape index (κ2) is 13.8. The summed E-state index contributed by atoms with van der Waals surface area (Å²) in [5.41, 5.74) is 0. The molecule has 0 unspecified atom stereocenters. The zero-order valence-corrected chi connectivity index (χ0v) is 16.2. The summed E-state index contributed by atoms with van der Waals surface area (Å²) in [5, 5.41) is 6.60. The van der Waals surface area contributed by atoms with E-state index in [1.165, 1.54) is 0 Å². The fourth-order valence-corrected chi connectivity index (χ4v) is 1.81. The molecular formula is C15H30IN5O. The molecule has 7 heteroatoms. The van der Waals surface area contributed by atoms with Crippen molar-refractivity contribution >= 4 is 29.9 Å². The van der Waals surface area contributed by atoms with Crippen LogP contribution < -0.4 is 10.6 Å². The smallest absolute Gasteiger partial charge is 0.190 e. The van der Waals surface area contributed by atoms with Gasteiger partial charge in [-0.25, -0.2) is 4.98 Å². The zero-order chi connectivity index (χ0) is 15.3. The average Bonchev–Trinajstić information content (AvgIpc) is 2.97. The second-order valence-corrected chi connectivity index (χ2v) is 5.40. The Hall–Kier alpha value is -0.830. The predicted octanol–water partition coefficient (Wildman–Crippen LogP) is 2.12. The van der Waals surface area contributed by atoms with Gasteiger partial charge in [0.1, 0.15) is 0 Å². The standard InChI is InChI=1S/C15H29N5O.HI/c1-14(2)12-21-11-5-7-19-15(16-3)18-6-4-9-20-10-8-17-13-20;/h8,10,13-14H,4-7,9,11-12H2,1-3H3,(H2,16,18,19);1H. The number of ether oxygens (including phenoxy) is 1. The molecule has 0 aliphatic carbocycles. The summed E-state index contributed by atoms with van der Waals surface area (Å²) in [6.07, 6.45) is 7.64. The van der Waals surface area contributed by atoms with Crippen molar-refractivity contribution < 1.29 is 4.74 Å². The predicted molar refractivity (Wildman–Crippen MR) is 102 cm³/mol. The number of rotatable bonds is 10. The van der Waals surface area contributed by atoms with Crippen molar-refractivity contribution in [1.82, 2.24) is 20.2 Å². The van der Waals surface area contributed by atoms with E-state index in [0.717, 1.165) is 51.6 Å². The third kappa shape index (κ3) is 10.8. The molecule has 0 aliphatic rings. The minimum Gasteiger partial charge on any atom is -0.381 e. The van der Waals surface area contributed by atoms with E-state index in [1.54, 1.807) is 13.2 Å². The topological polar surface area (TPSA) is 63.5 Å². The first-order valence-electron chi connectivity index (χ1n) is 7.70. The van der Waals surface area contributed by atoms with Crippen molar-refractivity contribution in [3.8, 4) is 0 Å².